The Morgan fingerprint density at radius 2 is 2.10 bits per heavy atom. The van der Waals surface area contributed by atoms with Crippen LogP contribution in [0.15, 0.2) is 47.0 Å². The molecule has 0 amide bonds. The lowest BCUT2D eigenvalue weighted by molar-refractivity contribution is 0.476. The van der Waals surface area contributed by atoms with Crippen molar-refractivity contribution in [2.45, 2.75) is 19.9 Å². The molecule has 0 radical (unpaired) electrons. The quantitative estimate of drug-likeness (QED) is 0.787. The summed E-state index contributed by atoms with van der Waals surface area (Å²) in [7, 11) is 0. The van der Waals surface area contributed by atoms with E-state index in [1.54, 1.807) is 12.3 Å². The molecule has 4 heteroatoms. The summed E-state index contributed by atoms with van der Waals surface area (Å²) in [5.74, 6) is 0.526. The van der Waals surface area contributed by atoms with Crippen LogP contribution in [0.25, 0.3) is 11.0 Å². The number of benzene rings is 1. The van der Waals surface area contributed by atoms with Gasteiger partial charge in [0.15, 0.2) is 0 Å². The molecule has 1 N–H and O–H groups in total. The van der Waals surface area contributed by atoms with Crippen LogP contribution < -0.4 is 5.32 Å². The normalized spacial score (nSPS) is 12.7. The maximum Gasteiger partial charge on any atom is 0.134 e. The fourth-order valence-electron chi connectivity index (χ4n) is 2.51. The third-order valence-corrected chi connectivity index (χ3v) is 3.44. The number of halogens is 1. The monoisotopic (exact) mass is 284 g/mol. The smallest absolute Gasteiger partial charge is 0.134 e. The fourth-order valence-corrected chi connectivity index (χ4v) is 2.51. The second-order valence-electron chi connectivity index (χ2n) is 5.05. The first-order valence-electron chi connectivity index (χ1n) is 7.02. The fraction of sp³-hybridized carbons (Fsp3) is 0.235. The molecule has 21 heavy (non-hydrogen) atoms. The second-order valence-corrected chi connectivity index (χ2v) is 5.05. The average Bonchev–Trinajstić information content (AvgIpc) is 2.87. The van der Waals surface area contributed by atoms with E-state index in [0.29, 0.717) is 5.58 Å². The first-order chi connectivity index (χ1) is 10.2. The molecule has 0 fully saturated rings. The summed E-state index contributed by atoms with van der Waals surface area (Å²) in [6.45, 7) is 4.81. The van der Waals surface area contributed by atoms with Crippen LogP contribution in [0.3, 0.4) is 0 Å². The van der Waals surface area contributed by atoms with Gasteiger partial charge in [0, 0.05) is 17.3 Å². The van der Waals surface area contributed by atoms with E-state index in [1.165, 1.54) is 12.1 Å². The molecule has 0 aliphatic heterocycles. The van der Waals surface area contributed by atoms with E-state index in [4.69, 9.17) is 4.42 Å². The van der Waals surface area contributed by atoms with Crippen molar-refractivity contribution in [2.75, 3.05) is 6.54 Å². The van der Waals surface area contributed by atoms with Crippen LogP contribution in [0.2, 0.25) is 0 Å². The van der Waals surface area contributed by atoms with Crippen molar-refractivity contribution in [1.82, 2.24) is 10.3 Å². The Morgan fingerprint density at radius 1 is 1.24 bits per heavy atom. The van der Waals surface area contributed by atoms with Crippen LogP contribution in [0, 0.1) is 12.7 Å². The summed E-state index contributed by atoms with van der Waals surface area (Å²) in [5.41, 5.74) is 2.74. The number of nitrogens with one attached hydrogen (secondary N) is 1. The molecule has 0 saturated carbocycles. The minimum atomic E-state index is -0.255. The molecule has 2 heterocycles. The maximum atomic E-state index is 13.3. The van der Waals surface area contributed by atoms with Crippen molar-refractivity contribution < 1.29 is 8.81 Å². The molecule has 3 aromatic rings. The Morgan fingerprint density at radius 3 is 2.86 bits per heavy atom. The Balaban J connectivity index is 2.06. The number of fused-ring (bicyclic) bond motifs is 1. The molecule has 3 rings (SSSR count). The number of aryl methyl sites for hydroxylation is 1. The summed E-state index contributed by atoms with van der Waals surface area (Å²) < 4.78 is 19.2. The van der Waals surface area contributed by atoms with E-state index in [2.05, 4.69) is 10.3 Å². The lowest BCUT2D eigenvalue weighted by atomic mass is 10.0. The number of rotatable bonds is 4. The van der Waals surface area contributed by atoms with Gasteiger partial charge in [-0.2, -0.15) is 0 Å². The number of hydrogen-bond acceptors (Lipinski definition) is 3. The van der Waals surface area contributed by atoms with Crippen molar-refractivity contribution in [3.8, 4) is 0 Å². The molecule has 108 valence electrons. The van der Waals surface area contributed by atoms with E-state index in [0.717, 1.165) is 28.9 Å². The molecular weight excluding hydrogens is 267 g/mol. The SMILES string of the molecule is CCNC(c1ccnc(C)c1)c1cc2cc(F)ccc2o1. The highest BCUT2D eigenvalue weighted by Gasteiger charge is 2.18. The number of nitrogens with zero attached hydrogens (tertiary/aromatic N) is 1. The third-order valence-electron chi connectivity index (χ3n) is 3.44. The zero-order valence-electron chi connectivity index (χ0n) is 12.1. The highest BCUT2D eigenvalue weighted by molar-refractivity contribution is 5.78. The first-order valence-corrected chi connectivity index (χ1v) is 7.02. The number of hydrogen-bond donors (Lipinski definition) is 1. The Labute approximate surface area is 122 Å². The maximum absolute atomic E-state index is 13.3. The van der Waals surface area contributed by atoms with E-state index in [-0.39, 0.29) is 11.9 Å². The van der Waals surface area contributed by atoms with Crippen molar-refractivity contribution >= 4 is 11.0 Å². The van der Waals surface area contributed by atoms with E-state index >= 15 is 0 Å². The van der Waals surface area contributed by atoms with Gasteiger partial charge < -0.3 is 9.73 Å². The van der Waals surface area contributed by atoms with Gasteiger partial charge in [-0.15, -0.1) is 0 Å². The molecule has 1 aromatic carbocycles. The second kappa shape index (κ2) is 5.66. The Bertz CT molecular complexity index is 766. The van der Waals surface area contributed by atoms with Crippen molar-refractivity contribution in [3.63, 3.8) is 0 Å². The van der Waals surface area contributed by atoms with Crippen molar-refractivity contribution in [1.29, 1.82) is 0 Å². The lowest BCUT2D eigenvalue weighted by Crippen LogP contribution is -2.21. The van der Waals surface area contributed by atoms with Gasteiger partial charge in [-0.05, 0) is 55.4 Å². The lowest BCUT2D eigenvalue weighted by Gasteiger charge is -2.16. The number of furan rings is 1. The third kappa shape index (κ3) is 2.81. The minimum Gasteiger partial charge on any atom is -0.459 e. The van der Waals surface area contributed by atoms with E-state index < -0.39 is 0 Å². The summed E-state index contributed by atoms with van der Waals surface area (Å²) >= 11 is 0. The van der Waals surface area contributed by atoms with Crippen molar-refractivity contribution in [3.05, 3.63) is 65.4 Å². The first kappa shape index (κ1) is 13.8. The molecule has 1 atom stereocenters. The topological polar surface area (TPSA) is 38.1 Å². The predicted molar refractivity (Wildman–Crippen MR) is 80.7 cm³/mol. The molecule has 3 nitrogen and oxygen atoms in total. The van der Waals surface area contributed by atoms with Gasteiger partial charge in [-0.3, -0.25) is 4.98 Å². The van der Waals surface area contributed by atoms with Crippen LogP contribution in [0.1, 0.15) is 30.0 Å². The van der Waals surface area contributed by atoms with Gasteiger partial charge in [0.25, 0.3) is 0 Å². The highest BCUT2D eigenvalue weighted by atomic mass is 19.1. The van der Waals surface area contributed by atoms with E-state index in [9.17, 15) is 4.39 Å². The minimum absolute atomic E-state index is 0.0628. The standard InChI is InChI=1S/C17H17FN2O/c1-3-19-17(12-6-7-20-11(2)8-12)16-10-13-9-14(18)4-5-15(13)21-16/h4-10,17,19H,3H2,1-2H3. The molecule has 0 aliphatic carbocycles. The largest absolute Gasteiger partial charge is 0.459 e. The number of aromatic nitrogens is 1. The van der Waals surface area contributed by atoms with Crippen LogP contribution in [-0.4, -0.2) is 11.5 Å². The van der Waals surface area contributed by atoms with Gasteiger partial charge >= 0.3 is 0 Å². The van der Waals surface area contributed by atoms with E-state index in [1.807, 2.05) is 32.0 Å². The molecule has 1 unspecified atom stereocenters. The Hall–Kier alpha value is -2.20. The van der Waals surface area contributed by atoms with Crippen LogP contribution >= 0.6 is 0 Å². The zero-order chi connectivity index (χ0) is 14.8. The summed E-state index contributed by atoms with van der Waals surface area (Å²) in [4.78, 5) is 4.22. The summed E-state index contributed by atoms with van der Waals surface area (Å²) in [6.07, 6.45) is 1.79. The molecule has 0 bridgehead atoms. The highest BCUT2D eigenvalue weighted by Crippen LogP contribution is 2.28. The molecule has 0 spiro atoms. The van der Waals surface area contributed by atoms with Gasteiger partial charge in [0.2, 0.25) is 0 Å². The predicted octanol–water partition coefficient (Wildman–Crippen LogP) is 3.97. The van der Waals surface area contributed by atoms with Gasteiger partial charge in [0.1, 0.15) is 17.2 Å². The van der Waals surface area contributed by atoms with Crippen LogP contribution in [0.4, 0.5) is 4.39 Å². The average molecular weight is 284 g/mol. The van der Waals surface area contributed by atoms with Gasteiger partial charge in [-0.25, -0.2) is 4.39 Å². The summed E-state index contributed by atoms with van der Waals surface area (Å²) in [6, 6.07) is 10.4. The van der Waals surface area contributed by atoms with Crippen LogP contribution in [0.5, 0.6) is 0 Å². The van der Waals surface area contributed by atoms with Crippen LogP contribution in [-0.2, 0) is 0 Å². The van der Waals surface area contributed by atoms with Gasteiger partial charge in [-0.1, -0.05) is 6.92 Å². The molecule has 0 aliphatic rings. The van der Waals surface area contributed by atoms with Crippen molar-refractivity contribution in [2.24, 2.45) is 0 Å². The molecule has 0 saturated heterocycles. The molecular formula is C17H17FN2O. The Kier molecular flexibility index (Phi) is 3.71. The zero-order valence-corrected chi connectivity index (χ0v) is 12.1. The van der Waals surface area contributed by atoms with Gasteiger partial charge in [0.05, 0.1) is 6.04 Å². The number of pyridine rings is 1. The molecule has 2 aromatic heterocycles. The summed E-state index contributed by atoms with van der Waals surface area (Å²) in [5, 5.41) is 4.18.